The van der Waals surface area contributed by atoms with Crippen LogP contribution in [0.4, 0.5) is 5.69 Å². The molecule has 3 aromatic rings. The number of imide groups is 1. The second-order valence-electron chi connectivity index (χ2n) is 6.52. The molecule has 138 valence electrons. The summed E-state index contributed by atoms with van der Waals surface area (Å²) in [6.07, 6.45) is 2.86. The number of rotatable bonds is 5. The van der Waals surface area contributed by atoms with Gasteiger partial charge >= 0.3 is 0 Å². The molecule has 0 bridgehead atoms. The highest BCUT2D eigenvalue weighted by molar-refractivity contribution is 6.35. The van der Waals surface area contributed by atoms with Gasteiger partial charge in [0.1, 0.15) is 0 Å². The summed E-state index contributed by atoms with van der Waals surface area (Å²) in [6, 6.07) is 12.2. The number of amides is 2. The predicted octanol–water partition coefficient (Wildman–Crippen LogP) is 3.94. The molecule has 1 atom stereocenters. The van der Waals surface area contributed by atoms with E-state index in [1.54, 1.807) is 18.2 Å². The van der Waals surface area contributed by atoms with Crippen LogP contribution in [0.3, 0.4) is 0 Å². The Morgan fingerprint density at radius 1 is 1.11 bits per heavy atom. The lowest BCUT2D eigenvalue weighted by Gasteiger charge is -2.16. The topological polar surface area (TPSA) is 65.2 Å². The number of aromatic amines is 1. The fourth-order valence-corrected chi connectivity index (χ4v) is 3.97. The summed E-state index contributed by atoms with van der Waals surface area (Å²) in [6.45, 7) is 0.593. The number of halogens is 2. The van der Waals surface area contributed by atoms with Crippen LogP contribution in [0.25, 0.3) is 10.9 Å². The summed E-state index contributed by atoms with van der Waals surface area (Å²) in [4.78, 5) is 29.4. The summed E-state index contributed by atoms with van der Waals surface area (Å²) in [7, 11) is 0. The van der Waals surface area contributed by atoms with Crippen LogP contribution in [0.2, 0.25) is 10.0 Å². The summed E-state index contributed by atoms with van der Waals surface area (Å²) in [5.41, 5.74) is 2.67. The number of hydrogen-bond acceptors (Lipinski definition) is 3. The molecule has 2 aromatic carbocycles. The lowest BCUT2D eigenvalue weighted by Crippen LogP contribution is -2.39. The molecule has 5 nitrogen and oxygen atoms in total. The van der Waals surface area contributed by atoms with Gasteiger partial charge in [-0.1, -0.05) is 41.4 Å². The first-order valence-corrected chi connectivity index (χ1v) is 9.40. The minimum absolute atomic E-state index is 0.122. The largest absolute Gasteiger partial charge is 0.361 e. The first-order valence-electron chi connectivity index (χ1n) is 8.64. The minimum atomic E-state index is -0.541. The molecule has 1 aromatic heterocycles. The number of fused-ring (bicyclic) bond motifs is 1. The molecule has 2 heterocycles. The van der Waals surface area contributed by atoms with Gasteiger partial charge in [0.05, 0.1) is 18.2 Å². The van der Waals surface area contributed by atoms with Crippen LogP contribution in [0.1, 0.15) is 12.0 Å². The Hall–Kier alpha value is -2.34. The SMILES string of the molecule is O=C1CC(NCCc2c[nH]c3ccccc23)C(=O)N1c1cc(Cl)cc(Cl)c1. The molecule has 0 saturated carbocycles. The molecule has 2 amide bonds. The Bertz CT molecular complexity index is 1010. The number of nitrogens with zero attached hydrogens (tertiary/aromatic N) is 1. The van der Waals surface area contributed by atoms with Gasteiger partial charge in [0.15, 0.2) is 0 Å². The third kappa shape index (κ3) is 3.58. The standard InChI is InChI=1S/C20H17Cl2N3O2/c21-13-7-14(22)9-15(8-13)25-19(26)10-18(20(25)27)23-6-5-12-11-24-17-4-2-1-3-16(12)17/h1-4,7-9,11,18,23-24H,5-6,10H2. The molecular weight excluding hydrogens is 385 g/mol. The molecule has 0 radical (unpaired) electrons. The van der Waals surface area contributed by atoms with Crippen LogP contribution in [-0.4, -0.2) is 29.4 Å². The molecule has 1 unspecified atom stereocenters. The number of hydrogen-bond donors (Lipinski definition) is 2. The van der Waals surface area contributed by atoms with Crippen LogP contribution >= 0.6 is 23.2 Å². The maximum atomic E-state index is 12.7. The van der Waals surface area contributed by atoms with Crippen LogP contribution in [0, 0.1) is 0 Å². The maximum Gasteiger partial charge on any atom is 0.251 e. The Balaban J connectivity index is 1.43. The van der Waals surface area contributed by atoms with Crippen LogP contribution in [0.5, 0.6) is 0 Å². The van der Waals surface area contributed by atoms with E-state index in [0.717, 1.165) is 16.8 Å². The number of benzene rings is 2. The van der Waals surface area contributed by atoms with Gasteiger partial charge in [0, 0.05) is 33.7 Å². The molecule has 0 aliphatic carbocycles. The molecular formula is C20H17Cl2N3O2. The third-order valence-corrected chi connectivity index (χ3v) is 5.15. The van der Waals surface area contributed by atoms with E-state index in [0.29, 0.717) is 22.3 Å². The van der Waals surface area contributed by atoms with E-state index in [2.05, 4.69) is 16.4 Å². The highest BCUT2D eigenvalue weighted by Gasteiger charge is 2.39. The first-order chi connectivity index (χ1) is 13.0. The van der Waals surface area contributed by atoms with E-state index in [1.165, 1.54) is 10.9 Å². The van der Waals surface area contributed by atoms with E-state index < -0.39 is 6.04 Å². The van der Waals surface area contributed by atoms with E-state index in [-0.39, 0.29) is 18.2 Å². The smallest absolute Gasteiger partial charge is 0.251 e. The third-order valence-electron chi connectivity index (χ3n) is 4.71. The molecule has 27 heavy (non-hydrogen) atoms. The fraction of sp³-hybridized carbons (Fsp3) is 0.200. The average Bonchev–Trinajstić information content (AvgIpc) is 3.15. The fourth-order valence-electron chi connectivity index (χ4n) is 3.45. The number of para-hydroxylation sites is 1. The Morgan fingerprint density at radius 2 is 1.85 bits per heavy atom. The number of aromatic nitrogens is 1. The quantitative estimate of drug-likeness (QED) is 0.636. The highest BCUT2D eigenvalue weighted by Crippen LogP contribution is 2.29. The van der Waals surface area contributed by atoms with Crippen molar-refractivity contribution in [3.8, 4) is 0 Å². The Morgan fingerprint density at radius 3 is 2.63 bits per heavy atom. The van der Waals surface area contributed by atoms with Crippen molar-refractivity contribution >= 4 is 51.6 Å². The summed E-state index contributed by atoms with van der Waals surface area (Å²) in [5.74, 6) is -0.541. The zero-order chi connectivity index (χ0) is 19.0. The normalized spacial score (nSPS) is 17.3. The zero-order valence-corrected chi connectivity index (χ0v) is 15.8. The van der Waals surface area contributed by atoms with Gasteiger partial charge in [0.25, 0.3) is 5.91 Å². The van der Waals surface area contributed by atoms with Gasteiger partial charge in [0.2, 0.25) is 5.91 Å². The summed E-state index contributed by atoms with van der Waals surface area (Å²) >= 11 is 12.0. The van der Waals surface area contributed by atoms with E-state index in [1.807, 2.05) is 24.4 Å². The second-order valence-corrected chi connectivity index (χ2v) is 7.39. The van der Waals surface area contributed by atoms with Crippen molar-refractivity contribution in [3.05, 3.63) is 64.3 Å². The van der Waals surface area contributed by atoms with Crippen molar-refractivity contribution in [1.29, 1.82) is 0 Å². The molecule has 2 N–H and O–H groups in total. The zero-order valence-electron chi connectivity index (χ0n) is 14.3. The van der Waals surface area contributed by atoms with E-state index in [9.17, 15) is 9.59 Å². The first kappa shape index (κ1) is 18.0. The number of carbonyl (C=O) groups excluding carboxylic acids is 2. The number of anilines is 1. The number of H-pyrrole nitrogens is 1. The van der Waals surface area contributed by atoms with Crippen molar-refractivity contribution in [2.75, 3.05) is 11.4 Å². The van der Waals surface area contributed by atoms with Gasteiger partial charge in [-0.15, -0.1) is 0 Å². The van der Waals surface area contributed by atoms with Crippen LogP contribution in [0.15, 0.2) is 48.7 Å². The van der Waals surface area contributed by atoms with Crippen LogP contribution < -0.4 is 10.2 Å². The van der Waals surface area contributed by atoms with Crippen molar-refractivity contribution in [1.82, 2.24) is 10.3 Å². The molecule has 0 spiro atoms. The summed E-state index contributed by atoms with van der Waals surface area (Å²) < 4.78 is 0. The molecule has 1 aliphatic rings. The molecule has 1 saturated heterocycles. The molecule has 7 heteroatoms. The lowest BCUT2D eigenvalue weighted by atomic mass is 10.1. The van der Waals surface area contributed by atoms with E-state index in [4.69, 9.17) is 23.2 Å². The van der Waals surface area contributed by atoms with Crippen LogP contribution in [-0.2, 0) is 16.0 Å². The monoisotopic (exact) mass is 401 g/mol. The summed E-state index contributed by atoms with van der Waals surface area (Å²) in [5, 5.41) is 5.14. The molecule has 1 fully saturated rings. The van der Waals surface area contributed by atoms with Crippen molar-refractivity contribution in [2.24, 2.45) is 0 Å². The van der Waals surface area contributed by atoms with Crippen molar-refractivity contribution in [3.63, 3.8) is 0 Å². The van der Waals surface area contributed by atoms with Crippen molar-refractivity contribution in [2.45, 2.75) is 18.9 Å². The van der Waals surface area contributed by atoms with Gasteiger partial charge < -0.3 is 10.3 Å². The maximum absolute atomic E-state index is 12.7. The van der Waals surface area contributed by atoms with E-state index >= 15 is 0 Å². The van der Waals surface area contributed by atoms with Gasteiger partial charge in [-0.25, -0.2) is 4.90 Å². The molecule has 1 aliphatic heterocycles. The highest BCUT2D eigenvalue weighted by atomic mass is 35.5. The Labute approximate surface area is 166 Å². The lowest BCUT2D eigenvalue weighted by molar-refractivity contribution is -0.121. The number of nitrogens with one attached hydrogen (secondary N) is 2. The average molecular weight is 402 g/mol. The van der Waals surface area contributed by atoms with Gasteiger partial charge in [-0.2, -0.15) is 0 Å². The van der Waals surface area contributed by atoms with Gasteiger partial charge in [-0.3, -0.25) is 9.59 Å². The number of carbonyl (C=O) groups is 2. The second kappa shape index (κ2) is 7.35. The minimum Gasteiger partial charge on any atom is -0.361 e. The molecule has 4 rings (SSSR count). The predicted molar refractivity (Wildman–Crippen MR) is 107 cm³/mol. The van der Waals surface area contributed by atoms with Gasteiger partial charge in [-0.05, 0) is 36.2 Å². The Kier molecular flexibility index (Phi) is 4.91. The van der Waals surface area contributed by atoms with Crippen molar-refractivity contribution < 1.29 is 9.59 Å².